The molecule has 3 aromatic rings. The van der Waals surface area contributed by atoms with Gasteiger partial charge in [0.2, 0.25) is 0 Å². The summed E-state index contributed by atoms with van der Waals surface area (Å²) in [6, 6.07) is 6.83. The first-order chi connectivity index (χ1) is 13.1. The highest BCUT2D eigenvalue weighted by molar-refractivity contribution is 5.98. The maximum absolute atomic E-state index is 6.09. The highest BCUT2D eigenvalue weighted by atomic mass is 15.0. The van der Waals surface area contributed by atoms with Gasteiger partial charge in [0.05, 0.1) is 23.3 Å². The number of pyridine rings is 2. The fourth-order valence-electron chi connectivity index (χ4n) is 3.92. The topological polar surface area (TPSA) is 106 Å². The van der Waals surface area contributed by atoms with Crippen LogP contribution in [0, 0.1) is 0 Å². The molecule has 1 aliphatic carbocycles. The number of H-pyrrole nitrogens is 1. The molecule has 27 heavy (non-hydrogen) atoms. The summed E-state index contributed by atoms with van der Waals surface area (Å²) in [7, 11) is 0. The van der Waals surface area contributed by atoms with Crippen LogP contribution in [0.5, 0.6) is 0 Å². The average molecular weight is 364 g/mol. The Morgan fingerprint density at radius 1 is 1.15 bits per heavy atom. The highest BCUT2D eigenvalue weighted by Gasteiger charge is 2.21. The minimum absolute atomic E-state index is 0.335. The van der Waals surface area contributed by atoms with Gasteiger partial charge in [-0.1, -0.05) is 13.3 Å². The lowest BCUT2D eigenvalue weighted by atomic mass is 9.91. The van der Waals surface area contributed by atoms with E-state index in [1.165, 1.54) is 5.69 Å². The van der Waals surface area contributed by atoms with Crippen LogP contribution >= 0.6 is 0 Å². The number of aromatic amines is 1. The number of anilines is 2. The van der Waals surface area contributed by atoms with Gasteiger partial charge in [-0.05, 0) is 50.3 Å². The van der Waals surface area contributed by atoms with E-state index in [4.69, 9.17) is 11.5 Å². The molecule has 0 aliphatic heterocycles. The Labute approximate surface area is 159 Å². The van der Waals surface area contributed by atoms with Crippen molar-refractivity contribution in [2.45, 2.75) is 57.5 Å². The van der Waals surface area contributed by atoms with Gasteiger partial charge in [0.1, 0.15) is 5.65 Å². The molecular formula is C21H28N6. The molecule has 1 fully saturated rings. The quantitative estimate of drug-likeness (QED) is 0.550. The predicted octanol–water partition coefficient (Wildman–Crippen LogP) is 3.84. The first kappa shape index (κ1) is 17.8. The molecular weight excluding hydrogens is 336 g/mol. The van der Waals surface area contributed by atoms with E-state index >= 15 is 0 Å². The Hall–Kier alpha value is -2.60. The largest absolute Gasteiger partial charge is 0.397 e. The van der Waals surface area contributed by atoms with Crippen LogP contribution in [-0.2, 0) is 6.42 Å². The van der Waals surface area contributed by atoms with E-state index in [0.717, 1.165) is 66.5 Å². The second-order valence-electron chi connectivity index (χ2n) is 7.59. The van der Waals surface area contributed by atoms with Crippen molar-refractivity contribution in [1.29, 1.82) is 0 Å². The third-order valence-corrected chi connectivity index (χ3v) is 5.42. The van der Waals surface area contributed by atoms with Crippen LogP contribution in [0.25, 0.3) is 22.3 Å². The molecule has 0 bridgehead atoms. The summed E-state index contributed by atoms with van der Waals surface area (Å²) in [6.45, 7) is 2.19. The molecule has 142 valence electrons. The molecule has 0 aromatic carbocycles. The normalized spacial score (nSPS) is 20.1. The standard InChI is InChI=1S/C21H28N6/c1-2-3-16-10-17-20(26-15-7-4-13(22)5-8-15)18(12-25-21(17)27-16)19-9-6-14(23)11-24-19/h6,9-13,15H,2-5,7-8,22-23H2,1H3,(H2,25,26,27)/t13-,15-. The van der Waals surface area contributed by atoms with Crippen molar-refractivity contribution < 1.29 is 0 Å². The van der Waals surface area contributed by atoms with E-state index in [0.29, 0.717) is 17.8 Å². The summed E-state index contributed by atoms with van der Waals surface area (Å²) < 4.78 is 0. The number of nitrogens with two attached hydrogens (primary N) is 2. The van der Waals surface area contributed by atoms with Crippen molar-refractivity contribution in [3.05, 3.63) is 36.3 Å². The average Bonchev–Trinajstić information content (AvgIpc) is 3.08. The van der Waals surface area contributed by atoms with Gasteiger partial charge >= 0.3 is 0 Å². The number of rotatable bonds is 5. The van der Waals surface area contributed by atoms with Gasteiger partial charge in [-0.2, -0.15) is 0 Å². The summed E-state index contributed by atoms with van der Waals surface area (Å²) in [6.07, 6.45) is 10.0. The second-order valence-corrected chi connectivity index (χ2v) is 7.59. The summed E-state index contributed by atoms with van der Waals surface area (Å²) in [4.78, 5) is 12.6. The molecule has 3 aromatic heterocycles. The molecule has 0 spiro atoms. The van der Waals surface area contributed by atoms with Gasteiger partial charge in [-0.3, -0.25) is 4.98 Å². The highest BCUT2D eigenvalue weighted by Crippen LogP contribution is 2.35. The predicted molar refractivity (Wildman–Crippen MR) is 112 cm³/mol. The first-order valence-electron chi connectivity index (χ1n) is 9.88. The number of fused-ring (bicyclic) bond motifs is 1. The Kier molecular flexibility index (Phi) is 4.99. The van der Waals surface area contributed by atoms with E-state index in [9.17, 15) is 0 Å². The molecule has 6 heteroatoms. The zero-order valence-corrected chi connectivity index (χ0v) is 15.8. The minimum atomic E-state index is 0.335. The number of nitrogens with zero attached hydrogens (tertiary/aromatic N) is 2. The van der Waals surface area contributed by atoms with E-state index < -0.39 is 0 Å². The van der Waals surface area contributed by atoms with Gasteiger partial charge in [0, 0.05) is 34.9 Å². The lowest BCUT2D eigenvalue weighted by Gasteiger charge is -2.28. The van der Waals surface area contributed by atoms with Gasteiger partial charge in [0.15, 0.2) is 0 Å². The molecule has 1 aliphatic rings. The SMILES string of the molecule is CCCc1cc2c(N[C@H]3CC[C@H](N)CC3)c(-c3ccc(N)cn3)cnc2[nH]1. The zero-order valence-electron chi connectivity index (χ0n) is 15.8. The van der Waals surface area contributed by atoms with Crippen molar-refractivity contribution in [3.8, 4) is 11.3 Å². The van der Waals surface area contributed by atoms with Crippen LogP contribution in [0.15, 0.2) is 30.6 Å². The molecule has 4 rings (SSSR count). The number of aromatic nitrogens is 3. The van der Waals surface area contributed by atoms with E-state index in [1.807, 2.05) is 18.3 Å². The summed E-state index contributed by atoms with van der Waals surface area (Å²) >= 11 is 0. The van der Waals surface area contributed by atoms with Crippen molar-refractivity contribution in [2.24, 2.45) is 5.73 Å². The fourth-order valence-corrected chi connectivity index (χ4v) is 3.92. The fraction of sp³-hybridized carbons (Fsp3) is 0.429. The molecule has 6 N–H and O–H groups in total. The number of hydrogen-bond acceptors (Lipinski definition) is 5. The summed E-state index contributed by atoms with van der Waals surface area (Å²) in [5.41, 5.74) is 17.7. The number of nitrogens with one attached hydrogen (secondary N) is 2. The smallest absolute Gasteiger partial charge is 0.139 e. The van der Waals surface area contributed by atoms with Crippen molar-refractivity contribution in [2.75, 3.05) is 11.1 Å². The van der Waals surface area contributed by atoms with Crippen LogP contribution in [0.2, 0.25) is 0 Å². The minimum Gasteiger partial charge on any atom is -0.397 e. The zero-order chi connectivity index (χ0) is 18.8. The number of aryl methyl sites for hydroxylation is 1. The van der Waals surface area contributed by atoms with Crippen LogP contribution in [-0.4, -0.2) is 27.0 Å². The first-order valence-corrected chi connectivity index (χ1v) is 9.88. The number of nitrogen functional groups attached to an aromatic ring is 1. The Morgan fingerprint density at radius 2 is 1.96 bits per heavy atom. The Balaban J connectivity index is 1.77. The van der Waals surface area contributed by atoms with E-state index in [-0.39, 0.29) is 0 Å². The number of hydrogen-bond donors (Lipinski definition) is 4. The summed E-state index contributed by atoms with van der Waals surface area (Å²) in [5.74, 6) is 0. The second kappa shape index (κ2) is 7.56. The van der Waals surface area contributed by atoms with Crippen LogP contribution in [0.1, 0.15) is 44.7 Å². The maximum Gasteiger partial charge on any atom is 0.139 e. The molecule has 0 unspecified atom stereocenters. The Bertz CT molecular complexity index is 906. The van der Waals surface area contributed by atoms with E-state index in [2.05, 4.69) is 33.3 Å². The lowest BCUT2D eigenvalue weighted by molar-refractivity contribution is 0.411. The summed E-state index contributed by atoms with van der Waals surface area (Å²) in [5, 5.41) is 4.92. The van der Waals surface area contributed by atoms with Crippen LogP contribution in [0.3, 0.4) is 0 Å². The van der Waals surface area contributed by atoms with Gasteiger partial charge < -0.3 is 21.8 Å². The molecule has 0 amide bonds. The van der Waals surface area contributed by atoms with Crippen molar-refractivity contribution in [3.63, 3.8) is 0 Å². The third-order valence-electron chi connectivity index (χ3n) is 5.42. The molecule has 6 nitrogen and oxygen atoms in total. The molecule has 1 saturated carbocycles. The molecule has 0 saturated heterocycles. The lowest BCUT2D eigenvalue weighted by Crippen LogP contribution is -2.33. The van der Waals surface area contributed by atoms with Gasteiger partial charge in [0.25, 0.3) is 0 Å². The van der Waals surface area contributed by atoms with E-state index in [1.54, 1.807) is 6.20 Å². The van der Waals surface area contributed by atoms with Crippen molar-refractivity contribution in [1.82, 2.24) is 15.0 Å². The van der Waals surface area contributed by atoms with Gasteiger partial charge in [-0.15, -0.1) is 0 Å². The molecule has 3 heterocycles. The van der Waals surface area contributed by atoms with Gasteiger partial charge in [-0.25, -0.2) is 4.98 Å². The monoisotopic (exact) mass is 364 g/mol. The maximum atomic E-state index is 6.09. The van der Waals surface area contributed by atoms with Crippen molar-refractivity contribution >= 4 is 22.4 Å². The third kappa shape index (κ3) is 3.76. The Morgan fingerprint density at radius 3 is 2.67 bits per heavy atom. The molecule has 0 atom stereocenters. The molecule has 0 radical (unpaired) electrons. The van der Waals surface area contributed by atoms with Crippen LogP contribution < -0.4 is 16.8 Å². The van der Waals surface area contributed by atoms with Crippen LogP contribution in [0.4, 0.5) is 11.4 Å².